The molecule has 1 aromatic rings. The Balaban J connectivity index is 1.74. The maximum Gasteiger partial charge on any atom is 0.251 e. The zero-order valence-corrected chi connectivity index (χ0v) is 15.1. The van der Waals surface area contributed by atoms with Gasteiger partial charge in [0.1, 0.15) is 0 Å². The molecule has 1 unspecified atom stereocenters. The SMILES string of the molecule is CCN1CCN(CC(C)CNC(=O)c2ccc(C)c(C)c2)CC1. The third kappa shape index (κ3) is 5.33. The third-order valence-corrected chi connectivity index (χ3v) is 4.86. The van der Waals surface area contributed by atoms with Crippen molar-refractivity contribution in [3.05, 3.63) is 34.9 Å². The Morgan fingerprint density at radius 2 is 1.78 bits per heavy atom. The standard InChI is InChI=1S/C19H31N3O/c1-5-21-8-10-22(11-9-21)14-15(2)13-20-19(23)18-7-6-16(3)17(4)12-18/h6-7,12,15H,5,8-11,13-14H2,1-4H3,(H,20,23). The lowest BCUT2D eigenvalue weighted by Gasteiger charge is -2.35. The maximum atomic E-state index is 12.3. The molecule has 1 N–H and O–H groups in total. The Morgan fingerprint density at radius 1 is 1.13 bits per heavy atom. The average molecular weight is 317 g/mol. The van der Waals surface area contributed by atoms with Crippen LogP contribution in [0.3, 0.4) is 0 Å². The van der Waals surface area contributed by atoms with Crippen LogP contribution >= 0.6 is 0 Å². The Morgan fingerprint density at radius 3 is 2.39 bits per heavy atom. The van der Waals surface area contributed by atoms with E-state index in [0.29, 0.717) is 5.92 Å². The van der Waals surface area contributed by atoms with Crippen LogP contribution < -0.4 is 5.32 Å². The van der Waals surface area contributed by atoms with Crippen LogP contribution in [-0.4, -0.2) is 61.5 Å². The number of carbonyl (C=O) groups excluding carboxylic acids is 1. The van der Waals surface area contributed by atoms with Gasteiger partial charge in [0.25, 0.3) is 5.91 Å². The summed E-state index contributed by atoms with van der Waals surface area (Å²) in [4.78, 5) is 17.3. The lowest BCUT2D eigenvalue weighted by atomic mass is 10.1. The van der Waals surface area contributed by atoms with Crippen molar-refractivity contribution in [2.45, 2.75) is 27.7 Å². The normalized spacial score (nSPS) is 17.9. The van der Waals surface area contributed by atoms with Crippen LogP contribution in [-0.2, 0) is 0 Å². The molecule has 4 heteroatoms. The lowest BCUT2D eigenvalue weighted by molar-refractivity contribution is 0.0933. The minimum Gasteiger partial charge on any atom is -0.352 e. The summed E-state index contributed by atoms with van der Waals surface area (Å²) in [5, 5.41) is 3.08. The average Bonchev–Trinajstić information content (AvgIpc) is 2.56. The molecule has 23 heavy (non-hydrogen) atoms. The number of hydrogen-bond donors (Lipinski definition) is 1. The Labute approximate surface area is 140 Å². The molecular formula is C19H31N3O. The van der Waals surface area contributed by atoms with Gasteiger partial charge in [0.15, 0.2) is 0 Å². The molecule has 1 atom stereocenters. The van der Waals surface area contributed by atoms with E-state index in [9.17, 15) is 4.79 Å². The van der Waals surface area contributed by atoms with Crippen LogP contribution in [0.1, 0.15) is 35.3 Å². The third-order valence-electron chi connectivity index (χ3n) is 4.86. The molecule has 0 spiro atoms. The number of benzene rings is 1. The number of likely N-dealkylation sites (N-methyl/N-ethyl adjacent to an activating group) is 1. The van der Waals surface area contributed by atoms with E-state index >= 15 is 0 Å². The topological polar surface area (TPSA) is 35.6 Å². The first-order chi connectivity index (χ1) is 11.0. The number of aryl methyl sites for hydroxylation is 2. The van der Waals surface area contributed by atoms with E-state index in [1.54, 1.807) is 0 Å². The minimum atomic E-state index is 0.0377. The summed E-state index contributed by atoms with van der Waals surface area (Å²) in [6.45, 7) is 16.1. The van der Waals surface area contributed by atoms with E-state index in [-0.39, 0.29) is 5.91 Å². The molecule has 0 bridgehead atoms. The van der Waals surface area contributed by atoms with Gasteiger partial charge in [-0.25, -0.2) is 0 Å². The van der Waals surface area contributed by atoms with Crippen LogP contribution in [0.2, 0.25) is 0 Å². The number of nitrogens with zero attached hydrogens (tertiary/aromatic N) is 2. The van der Waals surface area contributed by atoms with E-state index < -0.39 is 0 Å². The van der Waals surface area contributed by atoms with Gasteiger partial charge in [-0.05, 0) is 49.6 Å². The van der Waals surface area contributed by atoms with Gasteiger partial charge >= 0.3 is 0 Å². The smallest absolute Gasteiger partial charge is 0.251 e. The van der Waals surface area contributed by atoms with Crippen LogP contribution in [0.5, 0.6) is 0 Å². The van der Waals surface area contributed by atoms with Gasteiger partial charge in [-0.3, -0.25) is 4.79 Å². The van der Waals surface area contributed by atoms with Gasteiger partial charge in [0, 0.05) is 44.8 Å². The lowest BCUT2D eigenvalue weighted by Crippen LogP contribution is -2.48. The zero-order valence-electron chi connectivity index (χ0n) is 15.1. The first-order valence-electron chi connectivity index (χ1n) is 8.79. The van der Waals surface area contributed by atoms with Crippen LogP contribution in [0.4, 0.5) is 0 Å². The van der Waals surface area contributed by atoms with Crippen molar-refractivity contribution in [1.29, 1.82) is 0 Å². The summed E-state index contributed by atoms with van der Waals surface area (Å²) < 4.78 is 0. The molecule has 1 aliphatic rings. The summed E-state index contributed by atoms with van der Waals surface area (Å²) in [7, 11) is 0. The molecule has 1 heterocycles. The van der Waals surface area contributed by atoms with Crippen molar-refractivity contribution in [2.75, 3.05) is 45.8 Å². The molecule has 0 aliphatic carbocycles. The van der Waals surface area contributed by atoms with Crippen molar-refractivity contribution in [1.82, 2.24) is 15.1 Å². The van der Waals surface area contributed by atoms with E-state index in [2.05, 4.69) is 35.9 Å². The zero-order chi connectivity index (χ0) is 16.8. The van der Waals surface area contributed by atoms with Crippen LogP contribution in [0.25, 0.3) is 0 Å². The van der Waals surface area contributed by atoms with Crippen molar-refractivity contribution >= 4 is 5.91 Å². The second-order valence-electron chi connectivity index (χ2n) is 6.85. The van der Waals surface area contributed by atoms with Gasteiger partial charge < -0.3 is 15.1 Å². The second kappa shape index (κ2) is 8.46. The second-order valence-corrected chi connectivity index (χ2v) is 6.85. The first-order valence-corrected chi connectivity index (χ1v) is 8.79. The maximum absolute atomic E-state index is 12.3. The highest BCUT2D eigenvalue weighted by Crippen LogP contribution is 2.10. The van der Waals surface area contributed by atoms with Gasteiger partial charge in [-0.2, -0.15) is 0 Å². The number of rotatable bonds is 6. The minimum absolute atomic E-state index is 0.0377. The molecule has 1 saturated heterocycles. The van der Waals surface area contributed by atoms with E-state index in [4.69, 9.17) is 0 Å². The summed E-state index contributed by atoms with van der Waals surface area (Å²) in [5.74, 6) is 0.509. The summed E-state index contributed by atoms with van der Waals surface area (Å²) in [5.41, 5.74) is 3.15. The fraction of sp³-hybridized carbons (Fsp3) is 0.632. The van der Waals surface area contributed by atoms with Gasteiger partial charge in [-0.15, -0.1) is 0 Å². The largest absolute Gasteiger partial charge is 0.352 e. The van der Waals surface area contributed by atoms with Gasteiger partial charge in [-0.1, -0.05) is 19.9 Å². The molecule has 4 nitrogen and oxygen atoms in total. The molecule has 0 aromatic heterocycles. The summed E-state index contributed by atoms with van der Waals surface area (Å²) in [6.07, 6.45) is 0. The molecule has 2 rings (SSSR count). The molecule has 1 fully saturated rings. The number of hydrogen-bond acceptors (Lipinski definition) is 3. The Hall–Kier alpha value is -1.39. The van der Waals surface area contributed by atoms with E-state index in [1.165, 1.54) is 11.1 Å². The fourth-order valence-electron chi connectivity index (χ4n) is 3.05. The molecule has 1 aliphatic heterocycles. The van der Waals surface area contributed by atoms with Gasteiger partial charge in [0.05, 0.1) is 0 Å². The van der Waals surface area contributed by atoms with E-state index in [1.807, 2.05) is 25.1 Å². The number of amides is 1. The summed E-state index contributed by atoms with van der Waals surface area (Å²) in [6, 6.07) is 5.90. The highest BCUT2D eigenvalue weighted by atomic mass is 16.1. The molecule has 0 radical (unpaired) electrons. The fourth-order valence-corrected chi connectivity index (χ4v) is 3.05. The molecule has 0 saturated carbocycles. The van der Waals surface area contributed by atoms with Crippen molar-refractivity contribution < 1.29 is 4.79 Å². The number of nitrogens with one attached hydrogen (secondary N) is 1. The monoisotopic (exact) mass is 317 g/mol. The summed E-state index contributed by atoms with van der Waals surface area (Å²) >= 11 is 0. The quantitative estimate of drug-likeness (QED) is 0.874. The highest BCUT2D eigenvalue weighted by Gasteiger charge is 2.17. The molecule has 1 amide bonds. The van der Waals surface area contributed by atoms with Gasteiger partial charge in [0.2, 0.25) is 0 Å². The Kier molecular flexibility index (Phi) is 6.60. The molecule has 128 valence electrons. The first kappa shape index (κ1) is 18.0. The predicted molar refractivity (Wildman–Crippen MR) is 96.0 cm³/mol. The number of carbonyl (C=O) groups is 1. The Bertz CT molecular complexity index is 521. The predicted octanol–water partition coefficient (Wildman–Crippen LogP) is 2.31. The highest BCUT2D eigenvalue weighted by molar-refractivity contribution is 5.94. The van der Waals surface area contributed by atoms with Crippen LogP contribution in [0.15, 0.2) is 18.2 Å². The molecule has 1 aromatic carbocycles. The van der Waals surface area contributed by atoms with Crippen molar-refractivity contribution in [3.8, 4) is 0 Å². The van der Waals surface area contributed by atoms with Crippen molar-refractivity contribution in [3.63, 3.8) is 0 Å². The van der Waals surface area contributed by atoms with Crippen molar-refractivity contribution in [2.24, 2.45) is 5.92 Å². The number of piperazine rings is 1. The molecular weight excluding hydrogens is 286 g/mol. The van der Waals surface area contributed by atoms with Crippen LogP contribution in [0, 0.1) is 19.8 Å². The van der Waals surface area contributed by atoms with E-state index in [0.717, 1.165) is 51.4 Å².